The summed E-state index contributed by atoms with van der Waals surface area (Å²) in [4.78, 5) is 27.7. The molecule has 27 heavy (non-hydrogen) atoms. The van der Waals surface area contributed by atoms with Crippen molar-refractivity contribution >= 4 is 35.0 Å². The Morgan fingerprint density at radius 2 is 1.93 bits per heavy atom. The van der Waals surface area contributed by atoms with E-state index in [-0.39, 0.29) is 24.2 Å². The molecule has 0 aliphatic carbocycles. The van der Waals surface area contributed by atoms with Gasteiger partial charge < -0.3 is 20.7 Å². The molecule has 0 saturated carbocycles. The summed E-state index contributed by atoms with van der Waals surface area (Å²) in [6, 6.07) is 14.9. The molecule has 1 aliphatic rings. The van der Waals surface area contributed by atoms with Crippen LogP contribution >= 0.6 is 11.8 Å². The zero-order valence-corrected chi connectivity index (χ0v) is 16.0. The standard InChI is InChI=1S/C20H23N3O3S/c1-27-18-8-4-16(5-9-18)23-13-14(12-19(23)24)20(25)22-15-2-6-17(7-3-15)26-11-10-21/h2-9,14H,10-13,21H2,1H3,(H,22,25). The van der Waals surface area contributed by atoms with E-state index in [0.29, 0.717) is 31.1 Å². The fourth-order valence-corrected chi connectivity index (χ4v) is 3.36. The van der Waals surface area contributed by atoms with Gasteiger partial charge in [-0.05, 0) is 54.8 Å². The number of rotatable bonds is 7. The number of thioether (sulfide) groups is 1. The van der Waals surface area contributed by atoms with E-state index in [2.05, 4.69) is 5.32 Å². The Hall–Kier alpha value is -2.51. The fourth-order valence-electron chi connectivity index (χ4n) is 2.95. The zero-order chi connectivity index (χ0) is 19.2. The Morgan fingerprint density at radius 3 is 2.56 bits per heavy atom. The number of nitrogens with two attached hydrogens (primary N) is 1. The molecule has 1 atom stereocenters. The van der Waals surface area contributed by atoms with Crippen LogP contribution in [0.3, 0.4) is 0 Å². The zero-order valence-electron chi connectivity index (χ0n) is 15.2. The maximum atomic E-state index is 12.6. The van der Waals surface area contributed by atoms with E-state index >= 15 is 0 Å². The number of ether oxygens (including phenoxy) is 1. The number of hydrogen-bond donors (Lipinski definition) is 2. The summed E-state index contributed by atoms with van der Waals surface area (Å²) in [7, 11) is 0. The van der Waals surface area contributed by atoms with Crippen LogP contribution in [0.5, 0.6) is 5.75 Å². The molecule has 7 heteroatoms. The van der Waals surface area contributed by atoms with Crippen LogP contribution in [0.2, 0.25) is 0 Å². The summed E-state index contributed by atoms with van der Waals surface area (Å²) in [5, 5.41) is 2.88. The Labute approximate surface area is 163 Å². The lowest BCUT2D eigenvalue weighted by Crippen LogP contribution is -2.28. The van der Waals surface area contributed by atoms with Gasteiger partial charge in [-0.2, -0.15) is 0 Å². The minimum atomic E-state index is -0.370. The van der Waals surface area contributed by atoms with Crippen molar-refractivity contribution in [3.63, 3.8) is 0 Å². The fraction of sp³-hybridized carbons (Fsp3) is 0.300. The normalized spacial score (nSPS) is 16.4. The predicted octanol–water partition coefficient (Wildman–Crippen LogP) is 2.74. The number of carbonyl (C=O) groups is 2. The van der Waals surface area contributed by atoms with Crippen LogP contribution < -0.4 is 20.7 Å². The lowest BCUT2D eigenvalue weighted by Gasteiger charge is -2.17. The molecule has 3 rings (SSSR count). The van der Waals surface area contributed by atoms with Gasteiger partial charge in [0.25, 0.3) is 0 Å². The lowest BCUT2D eigenvalue weighted by molar-refractivity contribution is -0.122. The van der Waals surface area contributed by atoms with E-state index in [1.165, 1.54) is 0 Å². The minimum Gasteiger partial charge on any atom is -0.492 e. The molecule has 3 N–H and O–H groups in total. The Morgan fingerprint density at radius 1 is 1.22 bits per heavy atom. The first kappa shape index (κ1) is 19.3. The molecule has 0 radical (unpaired) electrons. The van der Waals surface area contributed by atoms with Gasteiger partial charge in [-0.3, -0.25) is 9.59 Å². The van der Waals surface area contributed by atoms with Crippen molar-refractivity contribution in [2.75, 3.05) is 36.2 Å². The van der Waals surface area contributed by atoms with Crippen molar-refractivity contribution in [1.29, 1.82) is 0 Å². The highest BCUT2D eigenvalue weighted by Gasteiger charge is 2.35. The van der Waals surface area contributed by atoms with E-state index in [0.717, 1.165) is 10.6 Å². The summed E-state index contributed by atoms with van der Waals surface area (Å²) in [6.07, 6.45) is 2.22. The average molecular weight is 385 g/mol. The van der Waals surface area contributed by atoms with Gasteiger partial charge in [0, 0.05) is 35.8 Å². The molecule has 6 nitrogen and oxygen atoms in total. The van der Waals surface area contributed by atoms with Crippen LogP contribution in [0.1, 0.15) is 6.42 Å². The molecular weight excluding hydrogens is 362 g/mol. The number of benzene rings is 2. The number of anilines is 2. The minimum absolute atomic E-state index is 0.0300. The van der Waals surface area contributed by atoms with Crippen molar-refractivity contribution in [1.82, 2.24) is 0 Å². The summed E-state index contributed by atoms with van der Waals surface area (Å²) in [5.41, 5.74) is 6.91. The molecule has 0 bridgehead atoms. The first-order valence-corrected chi connectivity index (χ1v) is 10.0. The number of hydrogen-bond acceptors (Lipinski definition) is 5. The molecule has 0 aromatic heterocycles. The van der Waals surface area contributed by atoms with Crippen LogP contribution in [-0.4, -0.2) is 37.8 Å². The maximum absolute atomic E-state index is 12.6. The second kappa shape index (κ2) is 8.92. The molecule has 1 heterocycles. The lowest BCUT2D eigenvalue weighted by atomic mass is 10.1. The number of nitrogens with one attached hydrogen (secondary N) is 1. The van der Waals surface area contributed by atoms with Crippen LogP contribution in [-0.2, 0) is 9.59 Å². The van der Waals surface area contributed by atoms with Gasteiger partial charge in [-0.15, -0.1) is 11.8 Å². The van der Waals surface area contributed by atoms with E-state index < -0.39 is 0 Å². The quantitative estimate of drug-likeness (QED) is 0.716. The van der Waals surface area contributed by atoms with Crippen molar-refractivity contribution in [2.45, 2.75) is 11.3 Å². The van der Waals surface area contributed by atoms with Gasteiger partial charge >= 0.3 is 0 Å². The van der Waals surface area contributed by atoms with Crippen molar-refractivity contribution in [3.05, 3.63) is 48.5 Å². The summed E-state index contributed by atoms with van der Waals surface area (Å²) in [5.74, 6) is 0.153. The van der Waals surface area contributed by atoms with Crippen molar-refractivity contribution in [2.24, 2.45) is 11.7 Å². The first-order valence-electron chi connectivity index (χ1n) is 8.79. The third-order valence-corrected chi connectivity index (χ3v) is 5.13. The average Bonchev–Trinajstić information content (AvgIpc) is 3.09. The molecule has 142 valence electrons. The van der Waals surface area contributed by atoms with E-state index in [9.17, 15) is 9.59 Å². The Kier molecular flexibility index (Phi) is 6.36. The number of carbonyl (C=O) groups excluding carboxylic acids is 2. The highest BCUT2D eigenvalue weighted by molar-refractivity contribution is 7.98. The maximum Gasteiger partial charge on any atom is 0.229 e. The summed E-state index contributed by atoms with van der Waals surface area (Å²) >= 11 is 1.65. The largest absolute Gasteiger partial charge is 0.492 e. The van der Waals surface area contributed by atoms with Crippen LogP contribution in [0, 0.1) is 5.92 Å². The van der Waals surface area contributed by atoms with Gasteiger partial charge in [-0.1, -0.05) is 0 Å². The van der Waals surface area contributed by atoms with Gasteiger partial charge in [0.05, 0.1) is 5.92 Å². The van der Waals surface area contributed by atoms with Crippen molar-refractivity contribution < 1.29 is 14.3 Å². The number of nitrogens with zero attached hydrogens (tertiary/aromatic N) is 1. The summed E-state index contributed by atoms with van der Waals surface area (Å²) in [6.45, 7) is 1.29. The molecule has 1 unspecified atom stereocenters. The molecular formula is C20H23N3O3S. The first-order chi connectivity index (χ1) is 13.1. The van der Waals surface area contributed by atoms with Gasteiger partial charge in [0.1, 0.15) is 12.4 Å². The van der Waals surface area contributed by atoms with Crippen molar-refractivity contribution in [3.8, 4) is 5.75 Å². The molecule has 2 aromatic carbocycles. The summed E-state index contributed by atoms with van der Waals surface area (Å²) < 4.78 is 5.42. The van der Waals surface area contributed by atoms with Gasteiger partial charge in [-0.25, -0.2) is 0 Å². The monoisotopic (exact) mass is 385 g/mol. The Bertz CT molecular complexity index is 793. The highest BCUT2D eigenvalue weighted by atomic mass is 32.2. The molecule has 1 fully saturated rings. The molecule has 2 amide bonds. The van der Waals surface area contributed by atoms with Gasteiger partial charge in [0.2, 0.25) is 11.8 Å². The Balaban J connectivity index is 1.59. The SMILES string of the molecule is CSc1ccc(N2CC(C(=O)Nc3ccc(OCCN)cc3)CC2=O)cc1. The molecule has 1 saturated heterocycles. The highest BCUT2D eigenvalue weighted by Crippen LogP contribution is 2.28. The molecule has 0 spiro atoms. The van der Waals surface area contributed by atoms with Crippen LogP contribution in [0.25, 0.3) is 0 Å². The smallest absolute Gasteiger partial charge is 0.229 e. The van der Waals surface area contributed by atoms with Gasteiger partial charge in [0.15, 0.2) is 0 Å². The predicted molar refractivity (Wildman–Crippen MR) is 108 cm³/mol. The third kappa shape index (κ3) is 4.81. The van der Waals surface area contributed by atoms with Crippen LogP contribution in [0.4, 0.5) is 11.4 Å². The molecule has 2 aromatic rings. The second-order valence-corrected chi connectivity index (χ2v) is 7.13. The van der Waals surface area contributed by atoms with Crippen LogP contribution in [0.15, 0.2) is 53.4 Å². The topological polar surface area (TPSA) is 84.7 Å². The molecule has 1 aliphatic heterocycles. The van der Waals surface area contributed by atoms with E-state index in [1.54, 1.807) is 40.9 Å². The van der Waals surface area contributed by atoms with E-state index in [4.69, 9.17) is 10.5 Å². The number of amides is 2. The second-order valence-electron chi connectivity index (χ2n) is 6.25. The third-order valence-electron chi connectivity index (χ3n) is 4.39. The van der Waals surface area contributed by atoms with E-state index in [1.807, 2.05) is 30.5 Å².